The van der Waals surface area contributed by atoms with Gasteiger partial charge in [-0.25, -0.2) is 0 Å². The fourth-order valence-electron chi connectivity index (χ4n) is 3.05. The van der Waals surface area contributed by atoms with Crippen LogP contribution in [-0.4, -0.2) is 22.7 Å². The van der Waals surface area contributed by atoms with E-state index in [9.17, 15) is 4.79 Å². The average molecular weight is 436 g/mol. The zero-order valence-electron chi connectivity index (χ0n) is 14.7. The number of amides is 1. The molecule has 0 unspecified atom stereocenters. The Morgan fingerprint density at radius 1 is 1.35 bits per heavy atom. The predicted octanol–water partition coefficient (Wildman–Crippen LogP) is 5.40. The zero-order chi connectivity index (χ0) is 18.4. The van der Waals surface area contributed by atoms with E-state index < -0.39 is 0 Å². The Hall–Kier alpha value is -1.73. The van der Waals surface area contributed by atoms with E-state index in [1.54, 1.807) is 6.08 Å². The highest BCUT2D eigenvalue weighted by molar-refractivity contribution is 9.10. The van der Waals surface area contributed by atoms with Crippen LogP contribution in [-0.2, 0) is 4.79 Å². The summed E-state index contributed by atoms with van der Waals surface area (Å²) in [6, 6.07) is 5.71. The molecule has 1 aromatic carbocycles. The molecule has 0 radical (unpaired) electrons. The Labute approximate surface area is 166 Å². The van der Waals surface area contributed by atoms with Gasteiger partial charge in [0, 0.05) is 22.0 Å². The number of benzene rings is 1. The molecule has 0 bridgehead atoms. The van der Waals surface area contributed by atoms with Crippen LogP contribution in [0.1, 0.15) is 55.5 Å². The van der Waals surface area contributed by atoms with E-state index in [-0.39, 0.29) is 5.91 Å². The summed E-state index contributed by atoms with van der Waals surface area (Å²) in [7, 11) is 0. The van der Waals surface area contributed by atoms with Crippen LogP contribution in [0.4, 0.5) is 5.13 Å². The Morgan fingerprint density at radius 2 is 2.15 bits per heavy atom. The van der Waals surface area contributed by atoms with E-state index >= 15 is 0 Å². The third kappa shape index (κ3) is 5.14. The fourth-order valence-corrected chi connectivity index (χ4v) is 4.34. The molecule has 0 aliphatic heterocycles. The average Bonchev–Trinajstić information content (AvgIpc) is 3.11. The first-order valence-corrected chi connectivity index (χ1v) is 10.5. The smallest absolute Gasteiger partial charge is 0.250 e. The van der Waals surface area contributed by atoms with Gasteiger partial charge in [-0.1, -0.05) is 46.5 Å². The molecule has 5 nitrogen and oxygen atoms in total. The number of hydrogen-bond donors (Lipinski definition) is 1. The largest absolute Gasteiger partial charge is 0.493 e. The van der Waals surface area contributed by atoms with Gasteiger partial charge in [0.25, 0.3) is 0 Å². The van der Waals surface area contributed by atoms with Crippen molar-refractivity contribution >= 4 is 44.4 Å². The molecular formula is C19H22BrN3O2S. The van der Waals surface area contributed by atoms with Gasteiger partial charge in [-0.3, -0.25) is 10.1 Å². The van der Waals surface area contributed by atoms with Crippen LogP contribution in [0, 0.1) is 0 Å². The van der Waals surface area contributed by atoms with Crippen molar-refractivity contribution in [3.05, 3.63) is 39.3 Å². The van der Waals surface area contributed by atoms with E-state index in [0.29, 0.717) is 17.7 Å². The number of carbonyl (C=O) groups is 1. The topological polar surface area (TPSA) is 64.1 Å². The quantitative estimate of drug-likeness (QED) is 0.616. The Kier molecular flexibility index (Phi) is 6.80. The van der Waals surface area contributed by atoms with Gasteiger partial charge in [-0.2, -0.15) is 0 Å². The molecule has 2 aromatic rings. The standard InChI is InChI=1S/C19H22BrN3O2S/c1-2-25-16-10-9-15(20)12-14(16)8-11-17(24)21-19-23-22-18(26-19)13-6-4-3-5-7-13/h8-13H,2-7H2,1H3,(H,21,23,24). The number of rotatable bonds is 6. The maximum Gasteiger partial charge on any atom is 0.250 e. The maximum absolute atomic E-state index is 12.2. The number of halogens is 1. The van der Waals surface area contributed by atoms with Crippen molar-refractivity contribution in [1.82, 2.24) is 10.2 Å². The van der Waals surface area contributed by atoms with Gasteiger partial charge in [0.05, 0.1) is 6.61 Å². The van der Waals surface area contributed by atoms with Crippen molar-refractivity contribution < 1.29 is 9.53 Å². The molecule has 1 aliphatic carbocycles. The van der Waals surface area contributed by atoms with Crippen LogP contribution in [0.25, 0.3) is 6.08 Å². The SMILES string of the molecule is CCOc1ccc(Br)cc1C=CC(=O)Nc1nnc(C2CCCCC2)s1. The molecule has 1 aliphatic rings. The number of nitrogens with zero attached hydrogens (tertiary/aromatic N) is 2. The molecular weight excluding hydrogens is 414 g/mol. The summed E-state index contributed by atoms with van der Waals surface area (Å²) >= 11 is 4.93. The highest BCUT2D eigenvalue weighted by Gasteiger charge is 2.19. The van der Waals surface area contributed by atoms with E-state index in [1.807, 2.05) is 25.1 Å². The van der Waals surface area contributed by atoms with Gasteiger partial charge in [0.2, 0.25) is 11.0 Å². The van der Waals surface area contributed by atoms with Gasteiger partial charge < -0.3 is 4.74 Å². The lowest BCUT2D eigenvalue weighted by Crippen LogP contribution is -2.07. The van der Waals surface area contributed by atoms with Gasteiger partial charge in [-0.05, 0) is 44.0 Å². The normalized spacial score (nSPS) is 15.3. The molecule has 7 heteroatoms. The lowest BCUT2D eigenvalue weighted by atomic mass is 9.90. The lowest BCUT2D eigenvalue weighted by molar-refractivity contribution is -0.111. The second kappa shape index (κ2) is 9.28. The first kappa shape index (κ1) is 19.0. The van der Waals surface area contributed by atoms with Crippen molar-refractivity contribution in [1.29, 1.82) is 0 Å². The molecule has 0 spiro atoms. The highest BCUT2D eigenvalue weighted by Crippen LogP contribution is 2.35. The number of ether oxygens (including phenoxy) is 1. The number of anilines is 1. The molecule has 26 heavy (non-hydrogen) atoms. The first-order chi connectivity index (χ1) is 12.7. The molecule has 1 heterocycles. The van der Waals surface area contributed by atoms with Crippen LogP contribution in [0.3, 0.4) is 0 Å². The molecule has 1 saturated carbocycles. The summed E-state index contributed by atoms with van der Waals surface area (Å²) in [5, 5.41) is 12.8. The summed E-state index contributed by atoms with van der Waals surface area (Å²) < 4.78 is 6.52. The fraction of sp³-hybridized carbons (Fsp3) is 0.421. The molecule has 1 aromatic heterocycles. The van der Waals surface area contributed by atoms with Crippen molar-refractivity contribution in [2.24, 2.45) is 0 Å². The van der Waals surface area contributed by atoms with E-state index in [2.05, 4.69) is 31.4 Å². The minimum absolute atomic E-state index is 0.223. The van der Waals surface area contributed by atoms with Crippen LogP contribution in [0.15, 0.2) is 28.7 Å². The van der Waals surface area contributed by atoms with Gasteiger partial charge >= 0.3 is 0 Å². The summed E-state index contributed by atoms with van der Waals surface area (Å²) in [6.45, 7) is 2.50. The van der Waals surface area contributed by atoms with Crippen LogP contribution in [0.5, 0.6) is 5.75 Å². The Bertz CT molecular complexity index is 785. The molecule has 1 N–H and O–H groups in total. The van der Waals surface area contributed by atoms with Crippen molar-refractivity contribution in [2.75, 3.05) is 11.9 Å². The highest BCUT2D eigenvalue weighted by atomic mass is 79.9. The number of nitrogens with one attached hydrogen (secondary N) is 1. The molecule has 0 saturated heterocycles. The van der Waals surface area contributed by atoms with E-state index in [1.165, 1.54) is 49.5 Å². The molecule has 1 fully saturated rings. The van der Waals surface area contributed by atoms with Gasteiger partial charge in [0.15, 0.2) is 0 Å². The van der Waals surface area contributed by atoms with Crippen molar-refractivity contribution in [3.63, 3.8) is 0 Å². The Morgan fingerprint density at radius 3 is 2.92 bits per heavy atom. The number of aromatic nitrogens is 2. The number of carbonyl (C=O) groups excluding carboxylic acids is 1. The molecule has 3 rings (SSSR count). The van der Waals surface area contributed by atoms with E-state index in [4.69, 9.17) is 4.74 Å². The summed E-state index contributed by atoms with van der Waals surface area (Å²) in [4.78, 5) is 12.2. The van der Waals surface area contributed by atoms with Crippen LogP contribution in [0.2, 0.25) is 0 Å². The van der Waals surface area contributed by atoms with Crippen LogP contribution >= 0.6 is 27.3 Å². The number of hydrogen-bond acceptors (Lipinski definition) is 5. The third-order valence-corrected chi connectivity index (χ3v) is 5.81. The van der Waals surface area contributed by atoms with Crippen molar-refractivity contribution in [3.8, 4) is 5.75 Å². The maximum atomic E-state index is 12.2. The van der Waals surface area contributed by atoms with E-state index in [0.717, 1.165) is 20.8 Å². The molecule has 138 valence electrons. The second-order valence-corrected chi connectivity index (χ2v) is 8.14. The van der Waals surface area contributed by atoms with Gasteiger partial charge in [-0.15, -0.1) is 10.2 Å². The monoisotopic (exact) mass is 435 g/mol. The van der Waals surface area contributed by atoms with Crippen molar-refractivity contribution in [2.45, 2.75) is 44.9 Å². The molecule has 0 atom stereocenters. The molecule has 1 amide bonds. The lowest BCUT2D eigenvalue weighted by Gasteiger charge is -2.18. The second-order valence-electron chi connectivity index (χ2n) is 6.22. The summed E-state index contributed by atoms with van der Waals surface area (Å²) in [5.74, 6) is 1.02. The summed E-state index contributed by atoms with van der Waals surface area (Å²) in [5.41, 5.74) is 0.844. The zero-order valence-corrected chi connectivity index (χ0v) is 17.1. The Balaban J connectivity index is 1.63. The minimum atomic E-state index is -0.223. The van der Waals surface area contributed by atoms with Crippen LogP contribution < -0.4 is 10.1 Å². The minimum Gasteiger partial charge on any atom is -0.493 e. The predicted molar refractivity (Wildman–Crippen MR) is 109 cm³/mol. The third-order valence-electron chi connectivity index (χ3n) is 4.31. The first-order valence-electron chi connectivity index (χ1n) is 8.90. The summed E-state index contributed by atoms with van der Waals surface area (Å²) in [6.07, 6.45) is 9.40. The van der Waals surface area contributed by atoms with Gasteiger partial charge in [0.1, 0.15) is 10.8 Å².